The molecule has 24 heavy (non-hydrogen) atoms. The summed E-state index contributed by atoms with van der Waals surface area (Å²) in [5.41, 5.74) is -0.190. The number of hydrogen-bond donors (Lipinski definition) is 0. The lowest BCUT2D eigenvalue weighted by molar-refractivity contribution is -0.133. The molecule has 1 aromatic carbocycles. The van der Waals surface area contributed by atoms with Gasteiger partial charge in [0.25, 0.3) is 5.56 Å². The highest BCUT2D eigenvalue weighted by Crippen LogP contribution is 2.16. The molecule has 1 fully saturated rings. The number of hydrogen-bond acceptors (Lipinski definition) is 3. The van der Waals surface area contributed by atoms with Crippen molar-refractivity contribution in [2.45, 2.75) is 39.8 Å². The first-order valence-electron chi connectivity index (χ1n) is 8.53. The van der Waals surface area contributed by atoms with Crippen molar-refractivity contribution in [3.8, 4) is 0 Å². The maximum atomic E-state index is 12.7. The SMILES string of the molecule is CCn1c(=O)c2ccccc2n(CC(=O)N2CCC(C)CC2)c1=O. The van der Waals surface area contributed by atoms with Gasteiger partial charge in [0.15, 0.2) is 0 Å². The summed E-state index contributed by atoms with van der Waals surface area (Å²) in [4.78, 5) is 39.5. The number of carbonyl (C=O) groups is 1. The average Bonchev–Trinajstić information content (AvgIpc) is 2.59. The fourth-order valence-corrected chi connectivity index (χ4v) is 3.30. The normalized spacial score (nSPS) is 15.8. The number of rotatable bonds is 3. The summed E-state index contributed by atoms with van der Waals surface area (Å²) >= 11 is 0. The number of nitrogens with zero attached hydrogens (tertiary/aromatic N) is 3. The Labute approximate surface area is 140 Å². The van der Waals surface area contributed by atoms with E-state index in [1.165, 1.54) is 9.13 Å². The van der Waals surface area contributed by atoms with Crippen LogP contribution in [0.3, 0.4) is 0 Å². The van der Waals surface area contributed by atoms with Crippen molar-refractivity contribution in [3.63, 3.8) is 0 Å². The van der Waals surface area contributed by atoms with Gasteiger partial charge in [0.05, 0.1) is 10.9 Å². The van der Waals surface area contributed by atoms with Gasteiger partial charge in [-0.2, -0.15) is 0 Å². The summed E-state index contributed by atoms with van der Waals surface area (Å²) in [6.07, 6.45) is 1.99. The molecule has 3 rings (SSSR count). The predicted molar refractivity (Wildman–Crippen MR) is 93.1 cm³/mol. The molecule has 2 heterocycles. The van der Waals surface area contributed by atoms with E-state index in [9.17, 15) is 14.4 Å². The van der Waals surface area contributed by atoms with Crippen LogP contribution < -0.4 is 11.2 Å². The van der Waals surface area contributed by atoms with E-state index in [1.54, 1.807) is 31.2 Å². The van der Waals surface area contributed by atoms with Crippen molar-refractivity contribution >= 4 is 16.8 Å². The van der Waals surface area contributed by atoms with Crippen LogP contribution in [-0.2, 0) is 17.9 Å². The lowest BCUT2D eigenvalue weighted by Gasteiger charge is -2.30. The molecule has 6 heteroatoms. The Balaban J connectivity index is 2.01. The number of para-hydroxylation sites is 1. The molecule has 0 aliphatic carbocycles. The molecule has 1 amide bonds. The molecule has 1 aliphatic heterocycles. The molecule has 0 N–H and O–H groups in total. The maximum Gasteiger partial charge on any atom is 0.331 e. The van der Waals surface area contributed by atoms with Gasteiger partial charge in [0.1, 0.15) is 6.54 Å². The molecule has 0 saturated carbocycles. The van der Waals surface area contributed by atoms with Gasteiger partial charge in [-0.1, -0.05) is 19.1 Å². The van der Waals surface area contributed by atoms with Crippen LogP contribution in [0.25, 0.3) is 10.9 Å². The second-order valence-corrected chi connectivity index (χ2v) is 6.50. The summed E-state index contributed by atoms with van der Waals surface area (Å²) < 4.78 is 2.62. The Morgan fingerprint density at radius 1 is 1.12 bits per heavy atom. The van der Waals surface area contributed by atoms with E-state index in [1.807, 2.05) is 4.90 Å². The van der Waals surface area contributed by atoms with Crippen LogP contribution in [0.2, 0.25) is 0 Å². The third kappa shape index (κ3) is 2.88. The van der Waals surface area contributed by atoms with Crippen molar-refractivity contribution in [3.05, 3.63) is 45.1 Å². The number of fused-ring (bicyclic) bond motifs is 1. The van der Waals surface area contributed by atoms with E-state index in [4.69, 9.17) is 0 Å². The maximum absolute atomic E-state index is 12.7. The van der Waals surface area contributed by atoms with Crippen LogP contribution in [0.15, 0.2) is 33.9 Å². The highest BCUT2D eigenvalue weighted by atomic mass is 16.2. The standard InChI is InChI=1S/C18H23N3O3/c1-3-20-17(23)14-6-4-5-7-15(14)21(18(20)24)12-16(22)19-10-8-13(2)9-11-19/h4-7,13H,3,8-12H2,1-2H3. The van der Waals surface area contributed by atoms with E-state index >= 15 is 0 Å². The molecular weight excluding hydrogens is 306 g/mol. The summed E-state index contributed by atoms with van der Waals surface area (Å²) in [5, 5.41) is 0.471. The summed E-state index contributed by atoms with van der Waals surface area (Å²) in [5.74, 6) is 0.579. The van der Waals surface area contributed by atoms with Crippen molar-refractivity contribution in [2.24, 2.45) is 5.92 Å². The molecular formula is C18H23N3O3. The van der Waals surface area contributed by atoms with E-state index < -0.39 is 5.69 Å². The minimum Gasteiger partial charge on any atom is -0.341 e. The van der Waals surface area contributed by atoms with Gasteiger partial charge in [-0.25, -0.2) is 4.79 Å². The Hall–Kier alpha value is -2.37. The van der Waals surface area contributed by atoms with Crippen molar-refractivity contribution in [1.29, 1.82) is 0 Å². The zero-order valence-electron chi connectivity index (χ0n) is 14.2. The highest BCUT2D eigenvalue weighted by Gasteiger charge is 2.22. The summed E-state index contributed by atoms with van der Waals surface area (Å²) in [6.45, 7) is 5.69. The third-order valence-electron chi connectivity index (χ3n) is 4.88. The Kier molecular flexibility index (Phi) is 4.55. The minimum absolute atomic E-state index is 0.0198. The van der Waals surface area contributed by atoms with Gasteiger partial charge in [-0.05, 0) is 37.8 Å². The van der Waals surface area contributed by atoms with Crippen molar-refractivity contribution < 1.29 is 4.79 Å². The molecule has 6 nitrogen and oxygen atoms in total. The molecule has 0 bridgehead atoms. The van der Waals surface area contributed by atoms with E-state index in [0.29, 0.717) is 16.8 Å². The average molecular weight is 329 g/mol. The minimum atomic E-state index is -0.417. The van der Waals surface area contributed by atoms with Gasteiger partial charge in [-0.3, -0.25) is 18.7 Å². The predicted octanol–water partition coefficient (Wildman–Crippen LogP) is 1.44. The number of amides is 1. The van der Waals surface area contributed by atoms with Crippen LogP contribution in [0.5, 0.6) is 0 Å². The lowest BCUT2D eigenvalue weighted by Crippen LogP contribution is -2.44. The molecule has 1 saturated heterocycles. The van der Waals surface area contributed by atoms with Gasteiger partial charge in [0.2, 0.25) is 5.91 Å². The number of likely N-dealkylation sites (tertiary alicyclic amines) is 1. The zero-order chi connectivity index (χ0) is 17.3. The molecule has 0 spiro atoms. The van der Waals surface area contributed by atoms with Gasteiger partial charge >= 0.3 is 5.69 Å². The smallest absolute Gasteiger partial charge is 0.331 e. The lowest BCUT2D eigenvalue weighted by atomic mass is 9.99. The largest absolute Gasteiger partial charge is 0.341 e. The van der Waals surface area contributed by atoms with Crippen LogP contribution in [0, 0.1) is 5.92 Å². The molecule has 128 valence electrons. The quantitative estimate of drug-likeness (QED) is 0.856. The fraction of sp³-hybridized carbons (Fsp3) is 0.500. The van der Waals surface area contributed by atoms with Crippen LogP contribution in [0.4, 0.5) is 0 Å². The zero-order valence-corrected chi connectivity index (χ0v) is 14.2. The number of benzene rings is 1. The fourth-order valence-electron chi connectivity index (χ4n) is 3.30. The molecule has 0 radical (unpaired) electrons. The van der Waals surface area contributed by atoms with Gasteiger partial charge < -0.3 is 4.90 Å². The Bertz CT molecular complexity index is 873. The molecule has 0 unspecified atom stereocenters. The molecule has 1 aliphatic rings. The van der Waals surface area contributed by atoms with Gasteiger partial charge in [0, 0.05) is 19.6 Å². The first kappa shape index (κ1) is 16.5. The second-order valence-electron chi connectivity index (χ2n) is 6.50. The highest BCUT2D eigenvalue weighted by molar-refractivity contribution is 5.81. The number of piperidine rings is 1. The van der Waals surface area contributed by atoms with Crippen LogP contribution in [-0.4, -0.2) is 33.0 Å². The van der Waals surface area contributed by atoms with Gasteiger partial charge in [-0.15, -0.1) is 0 Å². The van der Waals surface area contributed by atoms with Crippen molar-refractivity contribution in [1.82, 2.24) is 14.0 Å². The second kappa shape index (κ2) is 6.63. The Morgan fingerprint density at radius 2 is 1.79 bits per heavy atom. The first-order valence-corrected chi connectivity index (χ1v) is 8.53. The number of carbonyl (C=O) groups excluding carboxylic acids is 1. The third-order valence-corrected chi connectivity index (χ3v) is 4.88. The summed E-state index contributed by atoms with van der Waals surface area (Å²) in [6, 6.07) is 6.98. The monoisotopic (exact) mass is 329 g/mol. The summed E-state index contributed by atoms with van der Waals surface area (Å²) in [7, 11) is 0. The van der Waals surface area contributed by atoms with Crippen molar-refractivity contribution in [2.75, 3.05) is 13.1 Å². The van der Waals surface area contributed by atoms with E-state index in [0.717, 1.165) is 25.9 Å². The first-order chi connectivity index (χ1) is 11.5. The van der Waals surface area contributed by atoms with Crippen LogP contribution >= 0.6 is 0 Å². The van der Waals surface area contributed by atoms with E-state index in [2.05, 4.69) is 6.92 Å². The molecule has 2 aromatic rings. The molecule has 1 aromatic heterocycles. The van der Waals surface area contributed by atoms with E-state index in [-0.39, 0.29) is 24.6 Å². The Morgan fingerprint density at radius 3 is 2.46 bits per heavy atom. The number of aromatic nitrogens is 2. The topological polar surface area (TPSA) is 64.3 Å². The molecule has 0 atom stereocenters. The van der Waals surface area contributed by atoms with Crippen LogP contribution in [0.1, 0.15) is 26.7 Å².